The predicted molar refractivity (Wildman–Crippen MR) is 77.9 cm³/mol. The molecule has 0 saturated carbocycles. The van der Waals surface area contributed by atoms with E-state index in [2.05, 4.69) is 13.2 Å². The predicted octanol–water partition coefficient (Wildman–Crippen LogP) is 5.23. The molecule has 0 aromatic heterocycles. The molecule has 0 spiro atoms. The van der Waals surface area contributed by atoms with Crippen LogP contribution in [0.5, 0.6) is 0 Å². The molecule has 0 aliphatic carbocycles. The molecular weight excluding hydrogens is 223 g/mol. The maximum Gasteiger partial charge on any atom is 0.131 e. The highest BCUT2D eigenvalue weighted by atomic mass is 19.1. The van der Waals surface area contributed by atoms with Crippen molar-refractivity contribution in [3.8, 4) is 0 Å². The highest BCUT2D eigenvalue weighted by molar-refractivity contribution is 5.75. The van der Waals surface area contributed by atoms with Gasteiger partial charge in [0, 0.05) is 5.56 Å². The van der Waals surface area contributed by atoms with E-state index in [1.165, 1.54) is 6.07 Å². The molecule has 0 radical (unpaired) electrons. The molecule has 0 amide bonds. The van der Waals surface area contributed by atoms with E-state index in [4.69, 9.17) is 0 Å². The molecule has 18 heavy (non-hydrogen) atoms. The first kappa shape index (κ1) is 14.2. The Balaban J connectivity index is 3.18. The number of halogens is 1. The molecule has 1 rings (SSSR count). The highest BCUT2D eigenvalue weighted by Crippen LogP contribution is 2.21. The molecule has 0 unspecified atom stereocenters. The van der Waals surface area contributed by atoms with Crippen LogP contribution in [0.4, 0.5) is 4.39 Å². The van der Waals surface area contributed by atoms with Gasteiger partial charge in [-0.3, -0.25) is 0 Å². The van der Waals surface area contributed by atoms with Crippen LogP contribution in [0.15, 0.2) is 60.7 Å². The van der Waals surface area contributed by atoms with E-state index in [9.17, 15) is 4.39 Å². The van der Waals surface area contributed by atoms with Crippen molar-refractivity contribution >= 4 is 5.57 Å². The number of rotatable bonds is 4. The van der Waals surface area contributed by atoms with Crippen molar-refractivity contribution < 1.29 is 4.39 Å². The van der Waals surface area contributed by atoms with Crippen molar-refractivity contribution in [2.75, 3.05) is 0 Å². The molecule has 0 heterocycles. The van der Waals surface area contributed by atoms with Crippen LogP contribution in [-0.4, -0.2) is 0 Å². The zero-order valence-electron chi connectivity index (χ0n) is 11.3. The fourth-order valence-corrected chi connectivity index (χ4v) is 1.48. The van der Waals surface area contributed by atoms with Crippen LogP contribution in [0.2, 0.25) is 0 Å². The van der Waals surface area contributed by atoms with Gasteiger partial charge in [0.1, 0.15) is 5.82 Å². The Morgan fingerprint density at radius 1 is 1.22 bits per heavy atom. The summed E-state index contributed by atoms with van der Waals surface area (Å²) in [5.41, 5.74) is 4.32. The normalized spacial score (nSPS) is 12.4. The van der Waals surface area contributed by atoms with Gasteiger partial charge in [-0.1, -0.05) is 49.1 Å². The Morgan fingerprint density at radius 3 is 2.39 bits per heavy atom. The van der Waals surface area contributed by atoms with Gasteiger partial charge in [-0.05, 0) is 43.5 Å². The van der Waals surface area contributed by atoms with Crippen molar-refractivity contribution in [2.24, 2.45) is 0 Å². The largest absolute Gasteiger partial charge is 0.206 e. The van der Waals surface area contributed by atoms with E-state index >= 15 is 0 Å². The van der Waals surface area contributed by atoms with Crippen LogP contribution in [0, 0.1) is 12.7 Å². The van der Waals surface area contributed by atoms with E-state index in [-0.39, 0.29) is 5.82 Å². The van der Waals surface area contributed by atoms with E-state index in [1.54, 1.807) is 12.1 Å². The van der Waals surface area contributed by atoms with E-state index in [0.29, 0.717) is 5.56 Å². The van der Waals surface area contributed by atoms with Crippen LogP contribution in [0.1, 0.15) is 25.0 Å². The topological polar surface area (TPSA) is 0 Å². The second kappa shape index (κ2) is 6.15. The third-order valence-corrected chi connectivity index (χ3v) is 2.84. The molecule has 0 fully saturated rings. The molecule has 1 aromatic rings. The highest BCUT2D eigenvalue weighted by Gasteiger charge is 2.04. The third kappa shape index (κ3) is 3.56. The van der Waals surface area contributed by atoms with E-state index in [0.717, 1.165) is 22.3 Å². The Bertz CT molecular complexity index is 531. The Kier molecular flexibility index (Phi) is 4.85. The summed E-state index contributed by atoms with van der Waals surface area (Å²) in [4.78, 5) is 0. The lowest BCUT2D eigenvalue weighted by atomic mass is 10.0. The number of benzene rings is 1. The summed E-state index contributed by atoms with van der Waals surface area (Å²) in [6.07, 6.45) is 5.46. The first-order valence-electron chi connectivity index (χ1n) is 5.89. The molecule has 0 aliphatic heterocycles. The van der Waals surface area contributed by atoms with Gasteiger partial charge in [-0.2, -0.15) is 0 Å². The summed E-state index contributed by atoms with van der Waals surface area (Å²) in [6, 6.07) is 5.20. The number of hydrogen-bond acceptors (Lipinski definition) is 0. The van der Waals surface area contributed by atoms with Gasteiger partial charge in [0.15, 0.2) is 0 Å². The number of allylic oxidation sites excluding steroid dienone is 6. The van der Waals surface area contributed by atoms with Crippen molar-refractivity contribution in [3.05, 3.63) is 77.7 Å². The minimum atomic E-state index is -0.220. The second-order valence-corrected chi connectivity index (χ2v) is 4.44. The van der Waals surface area contributed by atoms with Gasteiger partial charge in [-0.15, -0.1) is 0 Å². The maximum atomic E-state index is 13.8. The Hall–Kier alpha value is -1.89. The molecule has 0 N–H and O–H groups in total. The average molecular weight is 242 g/mol. The summed E-state index contributed by atoms with van der Waals surface area (Å²) < 4.78 is 13.8. The summed E-state index contributed by atoms with van der Waals surface area (Å²) in [7, 11) is 0. The van der Waals surface area contributed by atoms with Crippen LogP contribution in [0.3, 0.4) is 0 Å². The lowest BCUT2D eigenvalue weighted by molar-refractivity contribution is 0.623. The first-order chi connectivity index (χ1) is 8.45. The fraction of sp³-hybridized carbons (Fsp3) is 0.176. The standard InChI is InChI=1S/C17H19F/c1-6-15(9-8-14(5)12(2)3)16-10-7-13(4)11-17(16)18/h6-11H,1-2H2,3-5H3/b14-8+,15-9+. The van der Waals surface area contributed by atoms with Gasteiger partial charge in [-0.25, -0.2) is 4.39 Å². The van der Waals surface area contributed by atoms with Gasteiger partial charge in [0.05, 0.1) is 0 Å². The summed E-state index contributed by atoms with van der Waals surface area (Å²) in [5.74, 6) is -0.220. The zero-order chi connectivity index (χ0) is 13.7. The maximum absolute atomic E-state index is 13.8. The van der Waals surface area contributed by atoms with Crippen LogP contribution in [0.25, 0.3) is 5.57 Å². The van der Waals surface area contributed by atoms with Crippen LogP contribution in [-0.2, 0) is 0 Å². The SMILES string of the molecule is C=C/C(=C\C=C(/C)C(=C)C)c1ccc(C)cc1F. The summed E-state index contributed by atoms with van der Waals surface area (Å²) in [5, 5.41) is 0. The van der Waals surface area contributed by atoms with Gasteiger partial charge >= 0.3 is 0 Å². The third-order valence-electron chi connectivity index (χ3n) is 2.84. The van der Waals surface area contributed by atoms with Gasteiger partial charge in [0.25, 0.3) is 0 Å². The van der Waals surface area contributed by atoms with Gasteiger partial charge in [0.2, 0.25) is 0 Å². The zero-order valence-corrected chi connectivity index (χ0v) is 11.3. The Labute approximate surface area is 109 Å². The molecule has 0 saturated heterocycles. The first-order valence-corrected chi connectivity index (χ1v) is 5.89. The monoisotopic (exact) mass is 242 g/mol. The van der Waals surface area contributed by atoms with Crippen molar-refractivity contribution in [3.63, 3.8) is 0 Å². The number of aryl methyl sites for hydroxylation is 1. The van der Waals surface area contributed by atoms with E-state index < -0.39 is 0 Å². The Morgan fingerprint density at radius 2 is 1.89 bits per heavy atom. The summed E-state index contributed by atoms with van der Waals surface area (Å²) in [6.45, 7) is 13.4. The summed E-state index contributed by atoms with van der Waals surface area (Å²) >= 11 is 0. The quantitative estimate of drug-likeness (QED) is 0.634. The molecule has 0 nitrogen and oxygen atoms in total. The minimum absolute atomic E-state index is 0.220. The van der Waals surface area contributed by atoms with E-state index in [1.807, 2.05) is 39.0 Å². The smallest absolute Gasteiger partial charge is 0.131 e. The molecule has 94 valence electrons. The average Bonchev–Trinajstić information content (AvgIpc) is 2.31. The van der Waals surface area contributed by atoms with Crippen molar-refractivity contribution in [1.82, 2.24) is 0 Å². The van der Waals surface area contributed by atoms with Crippen molar-refractivity contribution in [2.45, 2.75) is 20.8 Å². The molecule has 1 aromatic carbocycles. The fourth-order valence-electron chi connectivity index (χ4n) is 1.48. The molecular formula is C17H19F. The molecule has 0 atom stereocenters. The minimum Gasteiger partial charge on any atom is -0.206 e. The van der Waals surface area contributed by atoms with Gasteiger partial charge < -0.3 is 0 Å². The number of hydrogen-bond donors (Lipinski definition) is 0. The lowest BCUT2D eigenvalue weighted by Crippen LogP contribution is -1.88. The molecule has 1 heteroatoms. The van der Waals surface area contributed by atoms with Crippen LogP contribution >= 0.6 is 0 Å². The van der Waals surface area contributed by atoms with Crippen molar-refractivity contribution in [1.29, 1.82) is 0 Å². The molecule has 0 bridgehead atoms. The second-order valence-electron chi connectivity index (χ2n) is 4.44. The molecule has 0 aliphatic rings. The van der Waals surface area contributed by atoms with Crippen LogP contribution < -0.4 is 0 Å². The lowest BCUT2D eigenvalue weighted by Gasteiger charge is -2.05.